The van der Waals surface area contributed by atoms with Crippen molar-refractivity contribution in [3.63, 3.8) is 0 Å². The van der Waals surface area contributed by atoms with E-state index in [1.807, 2.05) is 19.4 Å². The molecule has 0 aromatic carbocycles. The lowest BCUT2D eigenvalue weighted by Gasteiger charge is -2.20. The number of hydrogen-bond acceptors (Lipinski definition) is 3. The van der Waals surface area contributed by atoms with Gasteiger partial charge >= 0.3 is 0 Å². The number of hydrogen-bond donors (Lipinski definition) is 1. The first-order chi connectivity index (χ1) is 7.85. The van der Waals surface area contributed by atoms with Crippen LogP contribution in [-0.2, 0) is 11.3 Å². The maximum atomic E-state index is 5.68. The van der Waals surface area contributed by atoms with Crippen LogP contribution in [0, 0.1) is 0 Å². The molecule has 1 aromatic rings. The average Bonchev–Trinajstić information content (AvgIpc) is 2.96. The predicted octanol–water partition coefficient (Wildman–Crippen LogP) is 1.73. The van der Waals surface area contributed by atoms with Crippen molar-refractivity contribution in [1.82, 2.24) is 14.9 Å². The molecule has 1 fully saturated rings. The minimum absolute atomic E-state index is 0.304. The number of nitrogens with one attached hydrogen (secondary N) is 1. The zero-order valence-corrected chi connectivity index (χ0v) is 10.1. The third-order valence-electron chi connectivity index (χ3n) is 3.27. The van der Waals surface area contributed by atoms with Gasteiger partial charge in [0.1, 0.15) is 5.82 Å². The molecular weight excluding hydrogens is 202 g/mol. The molecule has 0 amide bonds. The van der Waals surface area contributed by atoms with Gasteiger partial charge in [-0.05, 0) is 33.2 Å². The van der Waals surface area contributed by atoms with Gasteiger partial charge in [0, 0.05) is 25.5 Å². The van der Waals surface area contributed by atoms with E-state index in [-0.39, 0.29) is 0 Å². The first-order valence-electron chi connectivity index (χ1n) is 6.15. The molecule has 90 valence electrons. The number of ether oxygens (including phenoxy) is 1. The summed E-state index contributed by atoms with van der Waals surface area (Å²) in [6, 6.07) is 0.304. The van der Waals surface area contributed by atoms with Gasteiger partial charge in [-0.25, -0.2) is 4.98 Å². The summed E-state index contributed by atoms with van der Waals surface area (Å²) in [4.78, 5) is 4.45. The fourth-order valence-electron chi connectivity index (χ4n) is 2.34. The third kappa shape index (κ3) is 2.44. The molecule has 1 N–H and O–H groups in total. The zero-order chi connectivity index (χ0) is 11.4. The van der Waals surface area contributed by atoms with Crippen LogP contribution in [-0.4, -0.2) is 29.3 Å². The quantitative estimate of drug-likeness (QED) is 0.826. The van der Waals surface area contributed by atoms with Gasteiger partial charge in [0.15, 0.2) is 0 Å². The summed E-state index contributed by atoms with van der Waals surface area (Å²) >= 11 is 0. The van der Waals surface area contributed by atoms with Gasteiger partial charge in [0.05, 0.1) is 12.1 Å². The van der Waals surface area contributed by atoms with E-state index in [2.05, 4.69) is 21.8 Å². The average molecular weight is 223 g/mol. The second-order valence-corrected chi connectivity index (χ2v) is 4.28. The molecule has 2 heterocycles. The second-order valence-electron chi connectivity index (χ2n) is 4.28. The summed E-state index contributed by atoms with van der Waals surface area (Å²) in [6.07, 6.45) is 7.72. The van der Waals surface area contributed by atoms with Crippen LogP contribution < -0.4 is 5.32 Å². The first kappa shape index (κ1) is 11.6. The molecule has 4 nitrogen and oxygen atoms in total. The highest BCUT2D eigenvalue weighted by Crippen LogP contribution is 2.24. The van der Waals surface area contributed by atoms with E-state index in [9.17, 15) is 0 Å². The lowest BCUT2D eigenvalue weighted by molar-refractivity contribution is 0.0941. The Labute approximate surface area is 97.0 Å². The Hall–Kier alpha value is -0.870. The van der Waals surface area contributed by atoms with E-state index < -0.39 is 0 Å². The molecule has 2 unspecified atom stereocenters. The van der Waals surface area contributed by atoms with Crippen LogP contribution in [0.5, 0.6) is 0 Å². The molecule has 0 spiro atoms. The SMILES string of the molecule is CCn1ccnc1C(CC1CCCO1)NC. The standard InChI is InChI=1S/C12H21N3O/c1-3-15-7-6-14-12(15)11(13-2)9-10-5-4-8-16-10/h6-7,10-11,13H,3-5,8-9H2,1-2H3. The molecule has 0 radical (unpaired) electrons. The lowest BCUT2D eigenvalue weighted by atomic mass is 10.1. The van der Waals surface area contributed by atoms with Gasteiger partial charge in [-0.3, -0.25) is 0 Å². The summed E-state index contributed by atoms with van der Waals surface area (Å²) in [5.41, 5.74) is 0. The van der Waals surface area contributed by atoms with Crippen molar-refractivity contribution in [2.24, 2.45) is 0 Å². The minimum atomic E-state index is 0.304. The molecule has 0 aliphatic carbocycles. The Morgan fingerprint density at radius 3 is 3.19 bits per heavy atom. The fraction of sp³-hybridized carbons (Fsp3) is 0.750. The van der Waals surface area contributed by atoms with Gasteiger partial charge in [0.25, 0.3) is 0 Å². The Morgan fingerprint density at radius 2 is 2.56 bits per heavy atom. The van der Waals surface area contributed by atoms with Crippen LogP contribution in [0.1, 0.15) is 38.1 Å². The van der Waals surface area contributed by atoms with Crippen molar-refractivity contribution < 1.29 is 4.74 Å². The molecule has 4 heteroatoms. The summed E-state index contributed by atoms with van der Waals surface area (Å²) in [5, 5.41) is 3.34. The van der Waals surface area contributed by atoms with E-state index in [1.54, 1.807) is 0 Å². The number of aryl methyl sites for hydroxylation is 1. The monoisotopic (exact) mass is 223 g/mol. The fourth-order valence-corrected chi connectivity index (χ4v) is 2.34. The highest BCUT2D eigenvalue weighted by atomic mass is 16.5. The van der Waals surface area contributed by atoms with Crippen LogP contribution in [0.3, 0.4) is 0 Å². The predicted molar refractivity (Wildman–Crippen MR) is 63.3 cm³/mol. The molecule has 1 saturated heterocycles. The van der Waals surface area contributed by atoms with Gasteiger partial charge in [-0.15, -0.1) is 0 Å². The van der Waals surface area contributed by atoms with Crippen molar-refractivity contribution in [2.45, 2.75) is 44.9 Å². The van der Waals surface area contributed by atoms with Crippen LogP contribution >= 0.6 is 0 Å². The van der Waals surface area contributed by atoms with Gasteiger partial charge in [-0.2, -0.15) is 0 Å². The maximum Gasteiger partial charge on any atom is 0.125 e. The summed E-state index contributed by atoms with van der Waals surface area (Å²) in [5.74, 6) is 1.13. The summed E-state index contributed by atoms with van der Waals surface area (Å²) < 4.78 is 7.87. The number of nitrogens with zero attached hydrogens (tertiary/aromatic N) is 2. The Kier molecular flexibility index (Phi) is 3.96. The van der Waals surface area contributed by atoms with E-state index in [4.69, 9.17) is 4.74 Å². The number of imidazole rings is 1. The molecule has 1 aliphatic rings. The molecule has 0 bridgehead atoms. The van der Waals surface area contributed by atoms with E-state index >= 15 is 0 Å². The van der Waals surface area contributed by atoms with Crippen molar-refractivity contribution >= 4 is 0 Å². The van der Waals surface area contributed by atoms with Crippen molar-refractivity contribution in [1.29, 1.82) is 0 Å². The molecular formula is C12H21N3O. The first-order valence-corrected chi connectivity index (χ1v) is 6.15. The Balaban J connectivity index is 2.03. The Morgan fingerprint density at radius 1 is 1.69 bits per heavy atom. The highest BCUT2D eigenvalue weighted by molar-refractivity contribution is 5.00. The van der Waals surface area contributed by atoms with Crippen LogP contribution in [0.2, 0.25) is 0 Å². The van der Waals surface area contributed by atoms with Crippen molar-refractivity contribution in [3.8, 4) is 0 Å². The van der Waals surface area contributed by atoms with E-state index in [1.165, 1.54) is 12.8 Å². The van der Waals surface area contributed by atoms with E-state index in [0.29, 0.717) is 12.1 Å². The maximum absolute atomic E-state index is 5.68. The van der Waals surface area contributed by atoms with Crippen molar-refractivity contribution in [2.75, 3.05) is 13.7 Å². The highest BCUT2D eigenvalue weighted by Gasteiger charge is 2.23. The summed E-state index contributed by atoms with van der Waals surface area (Å²) in [6.45, 7) is 4.03. The molecule has 0 saturated carbocycles. The molecule has 16 heavy (non-hydrogen) atoms. The minimum Gasteiger partial charge on any atom is -0.378 e. The molecule has 1 aromatic heterocycles. The molecule has 2 atom stereocenters. The number of aromatic nitrogens is 2. The smallest absolute Gasteiger partial charge is 0.125 e. The number of rotatable bonds is 5. The normalized spacial score (nSPS) is 22.5. The van der Waals surface area contributed by atoms with Crippen molar-refractivity contribution in [3.05, 3.63) is 18.2 Å². The second kappa shape index (κ2) is 5.46. The van der Waals surface area contributed by atoms with Gasteiger partial charge < -0.3 is 14.6 Å². The zero-order valence-electron chi connectivity index (χ0n) is 10.1. The van der Waals surface area contributed by atoms with Gasteiger partial charge in [0.2, 0.25) is 0 Å². The third-order valence-corrected chi connectivity index (χ3v) is 3.27. The van der Waals surface area contributed by atoms with Crippen LogP contribution in [0.25, 0.3) is 0 Å². The molecule has 2 rings (SSSR count). The summed E-state index contributed by atoms with van der Waals surface area (Å²) in [7, 11) is 1.99. The van der Waals surface area contributed by atoms with Crippen LogP contribution in [0.4, 0.5) is 0 Å². The molecule has 1 aliphatic heterocycles. The lowest BCUT2D eigenvalue weighted by Crippen LogP contribution is -2.25. The van der Waals surface area contributed by atoms with E-state index in [0.717, 1.165) is 25.4 Å². The van der Waals surface area contributed by atoms with Gasteiger partial charge in [-0.1, -0.05) is 0 Å². The van der Waals surface area contributed by atoms with Crippen LogP contribution in [0.15, 0.2) is 12.4 Å². The largest absolute Gasteiger partial charge is 0.378 e. The topological polar surface area (TPSA) is 39.1 Å². The Bertz CT molecular complexity index is 318.